The van der Waals surface area contributed by atoms with Gasteiger partial charge in [0.05, 0.1) is 78.3 Å². The van der Waals surface area contributed by atoms with Crippen LogP contribution in [0.2, 0.25) is 0 Å². The number of nitrogens with zero attached hydrogens (tertiary/aromatic N) is 9. The van der Waals surface area contributed by atoms with E-state index in [2.05, 4.69) is 200 Å². The zero-order valence-corrected chi connectivity index (χ0v) is 47.6. The number of fused-ring (bicyclic) bond motifs is 12. The average molecular weight is 1140 g/mol. The smallest absolute Gasteiger partial charge is 0.175 e. The molecule has 9 nitrogen and oxygen atoms in total. The Morgan fingerprint density at radius 3 is 0.787 bits per heavy atom. The molecule has 0 atom stereocenters. The van der Waals surface area contributed by atoms with Gasteiger partial charge in [0, 0.05) is 108 Å². The molecule has 0 aliphatic rings. The second kappa shape index (κ2) is 20.0. The van der Waals surface area contributed by atoms with Crippen molar-refractivity contribution in [1.29, 1.82) is 0 Å². The second-order valence-corrected chi connectivity index (χ2v) is 22.5. The van der Waals surface area contributed by atoms with Crippen LogP contribution >= 0.6 is 0 Å². The van der Waals surface area contributed by atoms with E-state index in [-0.39, 0.29) is 0 Å². The van der Waals surface area contributed by atoms with Crippen LogP contribution in [-0.4, -0.2) is 43.2 Å². The molecule has 416 valence electrons. The Kier molecular flexibility index (Phi) is 11.3. The number of hydrogen-bond donors (Lipinski definition) is 0. The van der Waals surface area contributed by atoms with E-state index in [1.807, 2.05) is 110 Å². The molecule has 89 heavy (non-hydrogen) atoms. The number of aromatic nitrogens is 9. The van der Waals surface area contributed by atoms with Gasteiger partial charge in [-0.3, -0.25) is 24.9 Å². The molecule has 0 saturated carbocycles. The third-order valence-corrected chi connectivity index (χ3v) is 17.7. The number of hydrogen-bond acceptors (Lipinski definition) is 5. The normalized spacial score (nSPS) is 11.9. The molecule has 18 rings (SSSR count). The molecular weight excluding hydrogens is 1090 g/mol. The summed E-state index contributed by atoms with van der Waals surface area (Å²) in [7, 11) is 0. The first-order valence-electron chi connectivity index (χ1n) is 29.7. The Morgan fingerprint density at radius 2 is 0.494 bits per heavy atom. The standard InChI is InChI=1S/C79H48FN9/c80-75-78(88-66-25-5-1-17-54(66)55-18-2-6-26-67(55)88)76(86-70-33-29-50(62-21-9-13-39-82-62)45-58(70)59-46-51(30-34-71(59)86)63-22-10-14-40-83-63)74(49-37-43-81-44-38-49)77(79(75)89-68-27-7-3-19-56(68)57-20-4-8-28-69(57)89)87-72-35-31-52(64-23-11-15-41-84-64)47-60(72)61-48-53(32-36-73(61)87)65-24-12-16-42-85-65/h1-48H. The van der Waals surface area contributed by atoms with Gasteiger partial charge in [0.2, 0.25) is 0 Å². The Hall–Kier alpha value is -12.1. The van der Waals surface area contributed by atoms with Crippen molar-refractivity contribution in [1.82, 2.24) is 43.2 Å². The fourth-order valence-corrected chi connectivity index (χ4v) is 13.9. The molecule has 0 amide bonds. The summed E-state index contributed by atoms with van der Waals surface area (Å²) >= 11 is 0. The zero-order valence-electron chi connectivity index (χ0n) is 47.6. The van der Waals surface area contributed by atoms with Crippen LogP contribution in [0.5, 0.6) is 0 Å². The van der Waals surface area contributed by atoms with Crippen molar-refractivity contribution >= 4 is 87.2 Å². The van der Waals surface area contributed by atoms with E-state index >= 15 is 4.39 Å². The zero-order chi connectivity index (χ0) is 58.7. The summed E-state index contributed by atoms with van der Waals surface area (Å²) in [5.74, 6) is -0.429. The molecule has 0 radical (unpaired) electrons. The van der Waals surface area contributed by atoms with Crippen LogP contribution < -0.4 is 0 Å². The second-order valence-electron chi connectivity index (χ2n) is 22.5. The number of para-hydroxylation sites is 4. The molecule has 0 aliphatic carbocycles. The minimum Gasteiger partial charge on any atom is -0.306 e. The molecule has 0 bridgehead atoms. The monoisotopic (exact) mass is 1140 g/mol. The first-order chi connectivity index (χ1) is 44.1. The predicted octanol–water partition coefficient (Wildman–Crippen LogP) is 19.5. The molecule has 0 spiro atoms. The van der Waals surface area contributed by atoms with Crippen LogP contribution in [0.3, 0.4) is 0 Å². The summed E-state index contributed by atoms with van der Waals surface area (Å²) in [5.41, 5.74) is 17.6. The fraction of sp³-hybridized carbons (Fsp3) is 0. The highest BCUT2D eigenvalue weighted by Gasteiger charge is 2.35. The third kappa shape index (κ3) is 7.70. The van der Waals surface area contributed by atoms with Gasteiger partial charge in [-0.1, -0.05) is 121 Å². The maximum Gasteiger partial charge on any atom is 0.175 e. The van der Waals surface area contributed by atoms with Crippen LogP contribution in [0.15, 0.2) is 292 Å². The number of halogens is 1. The lowest BCUT2D eigenvalue weighted by Crippen LogP contribution is -2.16. The van der Waals surface area contributed by atoms with Gasteiger partial charge in [-0.2, -0.15) is 0 Å². The first-order valence-corrected chi connectivity index (χ1v) is 29.7. The van der Waals surface area contributed by atoms with Crippen molar-refractivity contribution in [2.45, 2.75) is 0 Å². The lowest BCUT2D eigenvalue weighted by atomic mass is 9.96. The highest BCUT2D eigenvalue weighted by atomic mass is 19.1. The SMILES string of the molecule is Fc1c(-n2c3ccccc3c3ccccc32)c(-n2c3ccc(-c4ccccn4)cc3c3cc(-c4ccccn4)ccc32)c(-c2ccncc2)c(-n2c3ccc(-c4ccccn4)cc3c3cc(-c4ccccn4)ccc32)c1-n1c2ccccc2c2ccccc21. The van der Waals surface area contributed by atoms with Crippen LogP contribution in [0, 0.1) is 5.82 Å². The van der Waals surface area contributed by atoms with Crippen LogP contribution in [0.4, 0.5) is 4.39 Å². The first kappa shape index (κ1) is 50.2. The van der Waals surface area contributed by atoms with Gasteiger partial charge < -0.3 is 18.3 Å². The molecule has 0 saturated heterocycles. The molecule has 9 aromatic carbocycles. The van der Waals surface area contributed by atoms with Crippen molar-refractivity contribution < 1.29 is 4.39 Å². The van der Waals surface area contributed by atoms with Crippen molar-refractivity contribution in [3.8, 4) is 78.9 Å². The van der Waals surface area contributed by atoms with Gasteiger partial charge in [-0.05, 0) is 139 Å². The number of benzene rings is 9. The summed E-state index contributed by atoms with van der Waals surface area (Å²) in [4.78, 5) is 24.2. The largest absolute Gasteiger partial charge is 0.306 e. The third-order valence-electron chi connectivity index (χ3n) is 17.7. The number of rotatable bonds is 9. The molecular formula is C79H48FN9. The summed E-state index contributed by atoms with van der Waals surface area (Å²) in [6.45, 7) is 0. The molecule has 0 N–H and O–H groups in total. The topological polar surface area (TPSA) is 84.2 Å². The van der Waals surface area contributed by atoms with E-state index in [1.54, 1.807) is 0 Å². The van der Waals surface area contributed by atoms with E-state index in [1.165, 1.54) is 0 Å². The molecule has 0 unspecified atom stereocenters. The highest BCUT2D eigenvalue weighted by Crippen LogP contribution is 2.52. The summed E-state index contributed by atoms with van der Waals surface area (Å²) < 4.78 is 30.5. The molecule has 10 heteroatoms. The maximum absolute atomic E-state index is 21.5. The Bertz CT molecular complexity index is 5210. The maximum atomic E-state index is 21.5. The van der Waals surface area contributed by atoms with E-state index in [4.69, 9.17) is 24.9 Å². The van der Waals surface area contributed by atoms with E-state index in [0.717, 1.165) is 143 Å². The quantitative estimate of drug-likeness (QED) is 0.144. The fourth-order valence-electron chi connectivity index (χ4n) is 13.9. The van der Waals surface area contributed by atoms with Crippen LogP contribution in [0.1, 0.15) is 0 Å². The van der Waals surface area contributed by atoms with Crippen LogP contribution in [0.25, 0.3) is 166 Å². The van der Waals surface area contributed by atoms with Gasteiger partial charge in [0.25, 0.3) is 0 Å². The van der Waals surface area contributed by atoms with Gasteiger partial charge in [-0.25, -0.2) is 4.39 Å². The molecule has 9 aromatic heterocycles. The minimum absolute atomic E-state index is 0.367. The van der Waals surface area contributed by atoms with Gasteiger partial charge >= 0.3 is 0 Å². The Labute approximate surface area is 508 Å². The molecule has 9 heterocycles. The van der Waals surface area contributed by atoms with Crippen molar-refractivity contribution in [3.63, 3.8) is 0 Å². The van der Waals surface area contributed by atoms with Gasteiger partial charge in [0.15, 0.2) is 5.82 Å². The lowest BCUT2D eigenvalue weighted by molar-refractivity contribution is 0.612. The summed E-state index contributed by atoms with van der Waals surface area (Å²) in [6, 6.07) is 87.9. The van der Waals surface area contributed by atoms with E-state index < -0.39 is 5.82 Å². The van der Waals surface area contributed by atoms with E-state index in [0.29, 0.717) is 22.7 Å². The van der Waals surface area contributed by atoms with Crippen molar-refractivity contribution in [2.75, 3.05) is 0 Å². The predicted molar refractivity (Wildman–Crippen MR) is 360 cm³/mol. The van der Waals surface area contributed by atoms with E-state index in [9.17, 15) is 0 Å². The molecule has 0 fully saturated rings. The summed E-state index contributed by atoms with van der Waals surface area (Å²) in [6.07, 6.45) is 11.0. The minimum atomic E-state index is -0.429. The van der Waals surface area contributed by atoms with Gasteiger partial charge in [-0.15, -0.1) is 0 Å². The number of pyridine rings is 5. The Balaban J connectivity index is 1.11. The lowest BCUT2D eigenvalue weighted by Gasteiger charge is -2.28. The molecule has 18 aromatic rings. The van der Waals surface area contributed by atoms with Gasteiger partial charge in [0.1, 0.15) is 11.4 Å². The molecule has 0 aliphatic heterocycles. The Morgan fingerprint density at radius 1 is 0.225 bits per heavy atom. The van der Waals surface area contributed by atoms with Crippen molar-refractivity contribution in [3.05, 3.63) is 298 Å². The average Bonchev–Trinajstić information content (AvgIpc) is 1.64. The van der Waals surface area contributed by atoms with Crippen LogP contribution in [-0.2, 0) is 0 Å². The summed E-state index contributed by atoms with van der Waals surface area (Å²) in [5, 5.41) is 7.84. The highest BCUT2D eigenvalue weighted by molar-refractivity contribution is 6.18. The van der Waals surface area contributed by atoms with Crippen molar-refractivity contribution in [2.24, 2.45) is 0 Å².